The summed E-state index contributed by atoms with van der Waals surface area (Å²) < 4.78 is 20.5. The molecule has 9 nitrogen and oxygen atoms in total. The molecule has 0 unspecified atom stereocenters. The molecule has 1 N–H and O–H groups in total. The van der Waals surface area contributed by atoms with Crippen LogP contribution in [-0.4, -0.2) is 96.0 Å². The first-order valence-corrected chi connectivity index (χ1v) is 18.6. The van der Waals surface area contributed by atoms with Crippen molar-refractivity contribution in [1.82, 2.24) is 14.4 Å². The van der Waals surface area contributed by atoms with Crippen molar-refractivity contribution >= 4 is 51.6 Å². The number of benzene rings is 2. The average molecular weight is 714 g/mol. The number of nitrogens with zero attached hydrogens (tertiary/aromatic N) is 3. The maximum Gasteiger partial charge on any atom is 0.257 e. The van der Waals surface area contributed by atoms with Gasteiger partial charge >= 0.3 is 0 Å². The Kier molecular flexibility index (Phi) is 11.9. The molecule has 2 aliphatic heterocycles. The van der Waals surface area contributed by atoms with Gasteiger partial charge < -0.3 is 29.0 Å². The number of aromatic nitrogens is 1. The van der Waals surface area contributed by atoms with Crippen molar-refractivity contribution in [2.45, 2.75) is 89.7 Å². The number of carbonyl (C=O) groups is 2. The molecule has 266 valence electrons. The van der Waals surface area contributed by atoms with Crippen molar-refractivity contribution in [3.05, 3.63) is 63.8 Å². The van der Waals surface area contributed by atoms with Gasteiger partial charge in [-0.25, -0.2) is 0 Å². The van der Waals surface area contributed by atoms with Crippen LogP contribution in [0.2, 0.25) is 10.0 Å². The zero-order valence-electron chi connectivity index (χ0n) is 29.1. The number of amides is 2. The van der Waals surface area contributed by atoms with Crippen LogP contribution in [0.1, 0.15) is 68.8 Å². The molecule has 6 rings (SSSR count). The minimum absolute atomic E-state index is 0.0132. The first-order valence-electron chi connectivity index (χ1n) is 17.9. The Morgan fingerprint density at radius 2 is 1.61 bits per heavy atom. The Bertz CT molecular complexity index is 1610. The molecule has 3 heterocycles. The van der Waals surface area contributed by atoms with Gasteiger partial charge in [0, 0.05) is 68.1 Å². The predicted octanol–water partition coefficient (Wildman–Crippen LogP) is 6.97. The summed E-state index contributed by atoms with van der Waals surface area (Å²) in [6.45, 7) is 10.3. The lowest BCUT2D eigenvalue weighted by molar-refractivity contribution is -0.133. The molecule has 0 bridgehead atoms. The third-order valence-electron chi connectivity index (χ3n) is 10.6. The number of ether oxygens (including phenoxy) is 3. The molecule has 3 aromatic rings. The average Bonchev–Trinajstić information content (AvgIpc) is 3.79. The van der Waals surface area contributed by atoms with Crippen molar-refractivity contribution in [3.63, 3.8) is 0 Å². The molecule has 11 heteroatoms. The van der Waals surface area contributed by atoms with Crippen LogP contribution < -0.4 is 5.32 Å². The summed E-state index contributed by atoms with van der Waals surface area (Å²) in [5, 5.41) is 4.48. The summed E-state index contributed by atoms with van der Waals surface area (Å²) in [7, 11) is 1.91. The lowest BCUT2D eigenvalue weighted by atomic mass is 9.89. The van der Waals surface area contributed by atoms with Crippen LogP contribution in [-0.2, 0) is 32.5 Å². The van der Waals surface area contributed by atoms with Gasteiger partial charge in [-0.3, -0.25) is 14.5 Å². The predicted molar refractivity (Wildman–Crippen MR) is 195 cm³/mol. The zero-order chi connectivity index (χ0) is 34.7. The molecule has 2 saturated heterocycles. The van der Waals surface area contributed by atoms with E-state index in [9.17, 15) is 9.59 Å². The number of carbonyl (C=O) groups excluding carboxylic acids is 2. The Morgan fingerprint density at radius 3 is 2.31 bits per heavy atom. The van der Waals surface area contributed by atoms with E-state index in [1.807, 2.05) is 54.6 Å². The highest BCUT2D eigenvalue weighted by Gasteiger charge is 2.44. The number of rotatable bonds is 12. The lowest BCUT2D eigenvalue weighted by Gasteiger charge is -2.30. The number of anilines is 1. The highest BCUT2D eigenvalue weighted by Crippen LogP contribution is 2.34. The maximum atomic E-state index is 14.1. The first kappa shape index (κ1) is 36.1. The van der Waals surface area contributed by atoms with E-state index in [1.54, 1.807) is 18.3 Å². The van der Waals surface area contributed by atoms with Gasteiger partial charge in [-0.1, -0.05) is 48.3 Å². The van der Waals surface area contributed by atoms with E-state index in [0.717, 1.165) is 49.2 Å². The molecule has 2 aromatic carbocycles. The van der Waals surface area contributed by atoms with Crippen molar-refractivity contribution in [2.75, 3.05) is 44.8 Å². The van der Waals surface area contributed by atoms with Crippen LogP contribution in [0.25, 0.3) is 10.9 Å². The molecular formula is C38H50Cl2N4O5. The Balaban J connectivity index is 1.15. The summed E-state index contributed by atoms with van der Waals surface area (Å²) in [5.74, 6) is 0.452. The summed E-state index contributed by atoms with van der Waals surface area (Å²) >= 11 is 13.5. The second-order valence-electron chi connectivity index (χ2n) is 14.0. The van der Waals surface area contributed by atoms with Gasteiger partial charge in [0.25, 0.3) is 5.91 Å². The third kappa shape index (κ3) is 8.29. The van der Waals surface area contributed by atoms with E-state index in [-0.39, 0.29) is 48.6 Å². The van der Waals surface area contributed by atoms with E-state index < -0.39 is 0 Å². The second-order valence-corrected chi connectivity index (χ2v) is 14.8. The molecule has 3 fully saturated rings. The molecule has 2 amide bonds. The van der Waals surface area contributed by atoms with Crippen LogP contribution in [0.15, 0.2) is 42.6 Å². The minimum Gasteiger partial charge on any atom is -0.376 e. The van der Waals surface area contributed by atoms with Crippen molar-refractivity contribution in [3.8, 4) is 0 Å². The quantitative estimate of drug-likeness (QED) is 0.218. The fourth-order valence-electron chi connectivity index (χ4n) is 7.88. The van der Waals surface area contributed by atoms with Gasteiger partial charge in [0.15, 0.2) is 0 Å². The summed E-state index contributed by atoms with van der Waals surface area (Å²) in [4.78, 5) is 31.8. The molecule has 4 atom stereocenters. The van der Waals surface area contributed by atoms with Crippen LogP contribution in [0, 0.1) is 5.92 Å². The molecule has 1 aromatic heterocycles. The highest BCUT2D eigenvalue weighted by atomic mass is 35.5. The molecular weight excluding hydrogens is 663 g/mol. The van der Waals surface area contributed by atoms with Gasteiger partial charge in [-0.2, -0.15) is 0 Å². The summed E-state index contributed by atoms with van der Waals surface area (Å²) in [6.07, 6.45) is 7.53. The minimum atomic E-state index is -0.281. The Labute approximate surface area is 300 Å². The first-order chi connectivity index (χ1) is 23.6. The molecule has 0 spiro atoms. The molecule has 1 aliphatic carbocycles. The second kappa shape index (κ2) is 16.1. The fourth-order valence-corrected chi connectivity index (χ4v) is 8.34. The van der Waals surface area contributed by atoms with Crippen molar-refractivity contribution in [2.24, 2.45) is 13.0 Å². The number of halogens is 2. The number of fused-ring (bicyclic) bond motifs is 1. The van der Waals surface area contributed by atoms with Crippen molar-refractivity contribution in [1.29, 1.82) is 0 Å². The van der Waals surface area contributed by atoms with E-state index >= 15 is 0 Å². The SMILES string of the molecule is CCO[C@H]1CN([C@H]2C[C@@H](COC3CCC(C)CC3)N(C(=O)Cc3cc(Cl)c(NC(=O)c4cn(C)c5ccccc45)cc3Cl)C2)C[C@H]1OCC. The lowest BCUT2D eigenvalue weighted by Crippen LogP contribution is -2.41. The number of hydrogen-bond acceptors (Lipinski definition) is 6. The monoisotopic (exact) mass is 712 g/mol. The molecule has 49 heavy (non-hydrogen) atoms. The smallest absolute Gasteiger partial charge is 0.257 e. The fraction of sp³-hybridized carbons (Fsp3) is 0.579. The number of hydrogen-bond donors (Lipinski definition) is 1. The molecule has 1 saturated carbocycles. The number of likely N-dealkylation sites (tertiary alicyclic amines) is 2. The third-order valence-corrected chi connectivity index (χ3v) is 11.3. The standard InChI is InChI=1S/C38H50Cl2N4O5/c1-5-47-35-21-43(22-36(35)48-6-2)26-17-27(23-49-28-13-11-24(3)12-14-28)44(19-26)37(45)16-25-15-32(40)33(18-31(25)39)41-38(46)30-20-42(4)34-10-8-7-9-29(30)34/h7-10,15,18,20,24,26-28,35-36H,5-6,11-14,16-17,19,21-23H2,1-4H3,(H,41,46)/t24?,26-,27-,28?,35-,36+/m0/s1. The van der Waals surface area contributed by atoms with Gasteiger partial charge in [-0.15, -0.1) is 0 Å². The normalized spacial score (nSPS) is 26.1. The maximum absolute atomic E-state index is 14.1. The topological polar surface area (TPSA) is 85.3 Å². The van der Waals surface area contributed by atoms with Crippen LogP contribution >= 0.6 is 23.2 Å². The van der Waals surface area contributed by atoms with Crippen LogP contribution in [0.4, 0.5) is 5.69 Å². The Morgan fingerprint density at radius 1 is 0.918 bits per heavy atom. The van der Waals surface area contributed by atoms with Gasteiger partial charge in [-0.05, 0) is 75.6 Å². The number of aryl methyl sites for hydroxylation is 1. The summed E-state index contributed by atoms with van der Waals surface area (Å²) in [5.41, 5.74) is 2.53. The largest absolute Gasteiger partial charge is 0.376 e. The molecule has 3 aliphatic rings. The molecule has 0 radical (unpaired) electrons. The van der Waals surface area contributed by atoms with E-state index in [2.05, 4.69) is 17.1 Å². The Hall–Kier alpha value is -2.66. The van der Waals surface area contributed by atoms with Gasteiger partial charge in [0.05, 0.1) is 53.7 Å². The van der Waals surface area contributed by atoms with Crippen LogP contribution in [0.5, 0.6) is 0 Å². The van der Waals surface area contributed by atoms with Crippen molar-refractivity contribution < 1.29 is 23.8 Å². The van der Waals surface area contributed by atoms with Crippen LogP contribution in [0.3, 0.4) is 0 Å². The highest BCUT2D eigenvalue weighted by molar-refractivity contribution is 6.36. The number of para-hydroxylation sites is 1. The van der Waals surface area contributed by atoms with Gasteiger partial charge in [0.1, 0.15) is 0 Å². The van der Waals surface area contributed by atoms with E-state index in [0.29, 0.717) is 53.2 Å². The zero-order valence-corrected chi connectivity index (χ0v) is 30.6. The van der Waals surface area contributed by atoms with Gasteiger partial charge in [0.2, 0.25) is 5.91 Å². The summed E-state index contributed by atoms with van der Waals surface area (Å²) in [6, 6.07) is 11.2. The van der Waals surface area contributed by atoms with E-state index in [4.69, 9.17) is 37.4 Å². The van der Waals surface area contributed by atoms with E-state index in [1.165, 1.54) is 12.8 Å². The number of nitrogens with one attached hydrogen (secondary N) is 1.